The quantitative estimate of drug-likeness (QED) is 0.696. The average molecular weight is 193 g/mol. The standard InChI is InChI=1S/C10H15N3O/c1-7-6-9(13-10(14)12-7)8-4-2-3-5-11-8/h6,8,11H,2-5H2,1H3,(H,12,13,14). The van der Waals surface area contributed by atoms with Crippen molar-refractivity contribution in [1.82, 2.24) is 15.3 Å². The number of aromatic nitrogens is 2. The molecule has 2 rings (SSSR count). The second-order valence-electron chi connectivity index (χ2n) is 3.80. The lowest BCUT2D eigenvalue weighted by atomic mass is 10.0. The molecule has 14 heavy (non-hydrogen) atoms. The fourth-order valence-corrected chi connectivity index (χ4v) is 1.89. The summed E-state index contributed by atoms with van der Waals surface area (Å²) < 4.78 is 0. The second-order valence-corrected chi connectivity index (χ2v) is 3.80. The van der Waals surface area contributed by atoms with Crippen molar-refractivity contribution >= 4 is 0 Å². The van der Waals surface area contributed by atoms with E-state index in [9.17, 15) is 4.79 Å². The average Bonchev–Trinajstić information content (AvgIpc) is 2.18. The van der Waals surface area contributed by atoms with Crippen LogP contribution in [-0.2, 0) is 0 Å². The molecule has 1 aliphatic rings. The van der Waals surface area contributed by atoms with Gasteiger partial charge in [-0.25, -0.2) is 4.79 Å². The van der Waals surface area contributed by atoms with Crippen LogP contribution in [0.4, 0.5) is 0 Å². The Kier molecular flexibility index (Phi) is 2.63. The number of H-pyrrole nitrogens is 1. The van der Waals surface area contributed by atoms with Crippen LogP contribution in [0.25, 0.3) is 0 Å². The normalized spacial score (nSPS) is 22.2. The van der Waals surface area contributed by atoms with Crippen LogP contribution >= 0.6 is 0 Å². The van der Waals surface area contributed by atoms with E-state index in [0.717, 1.165) is 24.4 Å². The number of hydrogen-bond donors (Lipinski definition) is 2. The zero-order valence-electron chi connectivity index (χ0n) is 8.34. The van der Waals surface area contributed by atoms with Gasteiger partial charge in [0.2, 0.25) is 0 Å². The summed E-state index contributed by atoms with van der Waals surface area (Å²) >= 11 is 0. The summed E-state index contributed by atoms with van der Waals surface area (Å²) in [5.74, 6) is 0. The van der Waals surface area contributed by atoms with Crippen LogP contribution in [0.1, 0.15) is 36.7 Å². The van der Waals surface area contributed by atoms with E-state index < -0.39 is 0 Å². The van der Waals surface area contributed by atoms with E-state index in [-0.39, 0.29) is 11.7 Å². The van der Waals surface area contributed by atoms with Crippen LogP contribution in [0.2, 0.25) is 0 Å². The van der Waals surface area contributed by atoms with E-state index >= 15 is 0 Å². The monoisotopic (exact) mass is 193 g/mol. The van der Waals surface area contributed by atoms with Gasteiger partial charge in [-0.15, -0.1) is 0 Å². The van der Waals surface area contributed by atoms with Crippen molar-refractivity contribution in [2.45, 2.75) is 32.2 Å². The van der Waals surface area contributed by atoms with Gasteiger partial charge in [-0.05, 0) is 32.4 Å². The number of rotatable bonds is 1. The van der Waals surface area contributed by atoms with Crippen LogP contribution in [0, 0.1) is 6.92 Å². The highest BCUT2D eigenvalue weighted by molar-refractivity contribution is 5.11. The number of piperidine rings is 1. The maximum Gasteiger partial charge on any atom is 0.345 e. The zero-order chi connectivity index (χ0) is 9.97. The van der Waals surface area contributed by atoms with E-state index in [0.29, 0.717) is 0 Å². The van der Waals surface area contributed by atoms with Crippen LogP contribution in [0.15, 0.2) is 10.9 Å². The van der Waals surface area contributed by atoms with E-state index in [4.69, 9.17) is 0 Å². The second kappa shape index (κ2) is 3.92. The highest BCUT2D eigenvalue weighted by Crippen LogP contribution is 2.20. The minimum Gasteiger partial charge on any atom is -0.310 e. The molecule has 1 unspecified atom stereocenters. The molecule has 4 nitrogen and oxygen atoms in total. The molecule has 1 saturated heterocycles. The molecule has 1 aromatic rings. The Morgan fingerprint density at radius 1 is 1.50 bits per heavy atom. The smallest absolute Gasteiger partial charge is 0.310 e. The molecular weight excluding hydrogens is 178 g/mol. The van der Waals surface area contributed by atoms with Gasteiger partial charge in [0.1, 0.15) is 0 Å². The molecule has 2 heterocycles. The number of aryl methyl sites for hydroxylation is 1. The fourth-order valence-electron chi connectivity index (χ4n) is 1.89. The van der Waals surface area contributed by atoms with E-state index in [2.05, 4.69) is 15.3 Å². The molecule has 0 amide bonds. The number of nitrogens with one attached hydrogen (secondary N) is 2. The lowest BCUT2D eigenvalue weighted by Crippen LogP contribution is -2.29. The van der Waals surface area contributed by atoms with Gasteiger partial charge in [0.05, 0.1) is 5.69 Å². The van der Waals surface area contributed by atoms with Crippen molar-refractivity contribution in [2.24, 2.45) is 0 Å². The Bertz CT molecular complexity index is 366. The largest absolute Gasteiger partial charge is 0.345 e. The van der Waals surface area contributed by atoms with Gasteiger partial charge in [0, 0.05) is 11.7 Å². The minimum atomic E-state index is -0.243. The van der Waals surface area contributed by atoms with Crippen molar-refractivity contribution in [3.8, 4) is 0 Å². The summed E-state index contributed by atoms with van der Waals surface area (Å²) in [4.78, 5) is 17.8. The summed E-state index contributed by atoms with van der Waals surface area (Å²) in [5, 5.41) is 3.37. The van der Waals surface area contributed by atoms with Gasteiger partial charge >= 0.3 is 5.69 Å². The third kappa shape index (κ3) is 2.01. The Balaban J connectivity index is 2.26. The van der Waals surface area contributed by atoms with Crippen molar-refractivity contribution in [3.05, 3.63) is 27.9 Å². The molecule has 76 valence electrons. The van der Waals surface area contributed by atoms with Crippen LogP contribution in [0.5, 0.6) is 0 Å². The van der Waals surface area contributed by atoms with Gasteiger partial charge in [0.15, 0.2) is 0 Å². The van der Waals surface area contributed by atoms with E-state index in [1.807, 2.05) is 13.0 Å². The van der Waals surface area contributed by atoms with Gasteiger partial charge in [-0.1, -0.05) is 6.42 Å². The zero-order valence-corrected chi connectivity index (χ0v) is 8.34. The maximum absolute atomic E-state index is 11.2. The van der Waals surface area contributed by atoms with Gasteiger partial charge < -0.3 is 10.3 Å². The third-order valence-corrected chi connectivity index (χ3v) is 2.57. The molecule has 2 N–H and O–H groups in total. The van der Waals surface area contributed by atoms with Gasteiger partial charge in [-0.3, -0.25) is 0 Å². The molecule has 1 fully saturated rings. The molecule has 1 aliphatic heterocycles. The van der Waals surface area contributed by atoms with Crippen molar-refractivity contribution in [1.29, 1.82) is 0 Å². The van der Waals surface area contributed by atoms with Gasteiger partial charge in [-0.2, -0.15) is 4.98 Å². The van der Waals surface area contributed by atoms with E-state index in [1.54, 1.807) is 0 Å². The van der Waals surface area contributed by atoms with Crippen LogP contribution < -0.4 is 11.0 Å². The molecule has 0 aliphatic carbocycles. The lowest BCUT2D eigenvalue weighted by molar-refractivity contribution is 0.404. The van der Waals surface area contributed by atoms with Crippen molar-refractivity contribution < 1.29 is 0 Å². The summed E-state index contributed by atoms with van der Waals surface area (Å²) in [6.45, 7) is 2.91. The maximum atomic E-state index is 11.2. The summed E-state index contributed by atoms with van der Waals surface area (Å²) in [6, 6.07) is 2.22. The molecule has 0 radical (unpaired) electrons. The Morgan fingerprint density at radius 3 is 3.00 bits per heavy atom. The predicted octanol–water partition coefficient (Wildman–Crippen LogP) is 0.893. The number of hydrogen-bond acceptors (Lipinski definition) is 3. The molecular formula is C10H15N3O. The first kappa shape index (κ1) is 9.40. The first-order chi connectivity index (χ1) is 6.75. The molecule has 0 spiro atoms. The third-order valence-electron chi connectivity index (χ3n) is 2.57. The number of nitrogens with zero attached hydrogens (tertiary/aromatic N) is 1. The van der Waals surface area contributed by atoms with E-state index in [1.165, 1.54) is 12.8 Å². The molecule has 0 bridgehead atoms. The molecule has 1 atom stereocenters. The highest BCUT2D eigenvalue weighted by Gasteiger charge is 2.16. The summed E-state index contributed by atoms with van der Waals surface area (Å²) in [5.41, 5.74) is 1.52. The Hall–Kier alpha value is -1.16. The van der Waals surface area contributed by atoms with Crippen molar-refractivity contribution in [3.63, 3.8) is 0 Å². The minimum absolute atomic E-state index is 0.243. The topological polar surface area (TPSA) is 57.8 Å². The lowest BCUT2D eigenvalue weighted by Gasteiger charge is -2.22. The first-order valence-corrected chi connectivity index (χ1v) is 5.07. The highest BCUT2D eigenvalue weighted by atomic mass is 16.1. The van der Waals surface area contributed by atoms with Crippen LogP contribution in [-0.4, -0.2) is 16.5 Å². The van der Waals surface area contributed by atoms with Gasteiger partial charge in [0.25, 0.3) is 0 Å². The van der Waals surface area contributed by atoms with Crippen LogP contribution in [0.3, 0.4) is 0 Å². The Morgan fingerprint density at radius 2 is 2.36 bits per heavy atom. The molecule has 0 saturated carbocycles. The first-order valence-electron chi connectivity index (χ1n) is 5.07. The number of aromatic amines is 1. The van der Waals surface area contributed by atoms with Crippen molar-refractivity contribution in [2.75, 3.05) is 6.54 Å². The molecule has 4 heteroatoms. The Labute approximate surface area is 82.8 Å². The fraction of sp³-hybridized carbons (Fsp3) is 0.600. The predicted molar refractivity (Wildman–Crippen MR) is 54.2 cm³/mol. The molecule has 1 aromatic heterocycles. The SMILES string of the molecule is Cc1cc(C2CCCCN2)nc(=O)[nH]1. The summed E-state index contributed by atoms with van der Waals surface area (Å²) in [6.07, 6.45) is 3.51. The molecule has 0 aromatic carbocycles. The summed E-state index contributed by atoms with van der Waals surface area (Å²) in [7, 11) is 0.